The fourth-order valence-corrected chi connectivity index (χ4v) is 1.13. The molecule has 1 atom stereocenters. The third-order valence-corrected chi connectivity index (χ3v) is 1.89. The molecule has 0 spiro atoms. The van der Waals surface area contributed by atoms with Crippen LogP contribution in [0, 0.1) is 0 Å². The molecule has 1 rings (SSSR count). The van der Waals surface area contributed by atoms with Crippen LogP contribution in [-0.2, 0) is 4.74 Å². The van der Waals surface area contributed by atoms with Crippen LogP contribution in [0.2, 0.25) is 0 Å². The van der Waals surface area contributed by atoms with E-state index >= 15 is 0 Å². The van der Waals surface area contributed by atoms with E-state index in [1.807, 2.05) is 6.08 Å². The Morgan fingerprint density at radius 2 is 2.60 bits per heavy atom. The molecule has 1 aliphatic rings. The third-order valence-electron chi connectivity index (χ3n) is 1.89. The van der Waals surface area contributed by atoms with Gasteiger partial charge in [-0.25, -0.2) is 0 Å². The fraction of sp³-hybridized carbons (Fsp3) is 0.750. The lowest BCUT2D eigenvalue weighted by Gasteiger charge is -2.22. The number of rotatable bonds is 3. The van der Waals surface area contributed by atoms with Gasteiger partial charge in [-0.2, -0.15) is 0 Å². The molecule has 0 amide bonds. The topological polar surface area (TPSA) is 21.3 Å². The molecular weight excluding hydrogens is 126 g/mol. The van der Waals surface area contributed by atoms with Crippen LogP contribution in [0.25, 0.3) is 0 Å². The Morgan fingerprint density at radius 3 is 3.10 bits per heavy atom. The second-order valence-corrected chi connectivity index (χ2v) is 3.03. The first-order valence-electron chi connectivity index (χ1n) is 3.70. The average molecular weight is 141 g/mol. The van der Waals surface area contributed by atoms with Crippen LogP contribution in [0.4, 0.5) is 0 Å². The van der Waals surface area contributed by atoms with Crippen molar-refractivity contribution in [2.24, 2.45) is 0 Å². The summed E-state index contributed by atoms with van der Waals surface area (Å²) < 4.78 is 5.26. The minimum absolute atomic E-state index is 0.203. The molecule has 2 heteroatoms. The molecule has 1 fully saturated rings. The van der Waals surface area contributed by atoms with Crippen LogP contribution in [-0.4, -0.2) is 25.3 Å². The van der Waals surface area contributed by atoms with Gasteiger partial charge in [0.05, 0.1) is 6.61 Å². The van der Waals surface area contributed by atoms with Crippen molar-refractivity contribution in [2.75, 3.05) is 19.8 Å². The van der Waals surface area contributed by atoms with E-state index in [-0.39, 0.29) is 5.54 Å². The molecule has 1 heterocycles. The maximum Gasteiger partial charge on any atom is 0.0646 e. The van der Waals surface area contributed by atoms with E-state index < -0.39 is 0 Å². The quantitative estimate of drug-likeness (QED) is 0.591. The predicted octanol–water partition coefficient (Wildman–Crippen LogP) is 0.941. The third kappa shape index (κ3) is 1.82. The van der Waals surface area contributed by atoms with E-state index in [1.165, 1.54) is 0 Å². The number of nitrogens with one attached hydrogen (secondary N) is 1. The Hall–Kier alpha value is -0.340. The summed E-state index contributed by atoms with van der Waals surface area (Å²) in [5.41, 5.74) is 0.203. The van der Waals surface area contributed by atoms with Crippen molar-refractivity contribution in [1.82, 2.24) is 5.32 Å². The van der Waals surface area contributed by atoms with Crippen LogP contribution in [0.5, 0.6) is 0 Å². The number of ether oxygens (including phenoxy) is 1. The van der Waals surface area contributed by atoms with Crippen molar-refractivity contribution in [3.8, 4) is 0 Å². The highest BCUT2D eigenvalue weighted by Crippen LogP contribution is 2.16. The first kappa shape index (κ1) is 7.76. The van der Waals surface area contributed by atoms with E-state index in [0.717, 1.165) is 26.2 Å². The molecule has 1 N–H and O–H groups in total. The van der Waals surface area contributed by atoms with Crippen molar-refractivity contribution in [3.05, 3.63) is 12.7 Å². The van der Waals surface area contributed by atoms with Crippen LogP contribution in [0.3, 0.4) is 0 Å². The smallest absolute Gasteiger partial charge is 0.0646 e. The van der Waals surface area contributed by atoms with Gasteiger partial charge < -0.3 is 10.1 Å². The number of hydrogen-bond donors (Lipinski definition) is 1. The summed E-state index contributed by atoms with van der Waals surface area (Å²) in [5, 5.41) is 3.36. The molecule has 0 aromatic carbocycles. The van der Waals surface area contributed by atoms with E-state index in [1.54, 1.807) is 0 Å². The minimum Gasteiger partial charge on any atom is -0.379 e. The van der Waals surface area contributed by atoms with Crippen molar-refractivity contribution in [1.29, 1.82) is 0 Å². The molecule has 0 aromatic heterocycles. The first-order valence-corrected chi connectivity index (χ1v) is 3.70. The van der Waals surface area contributed by atoms with Gasteiger partial charge in [-0.05, 0) is 13.3 Å². The molecular formula is C8H15NO. The van der Waals surface area contributed by atoms with Gasteiger partial charge in [0, 0.05) is 18.7 Å². The highest BCUT2D eigenvalue weighted by Gasteiger charge is 2.27. The van der Waals surface area contributed by atoms with Gasteiger partial charge >= 0.3 is 0 Å². The lowest BCUT2D eigenvalue weighted by atomic mass is 10.0. The maximum atomic E-state index is 5.26. The van der Waals surface area contributed by atoms with Crippen LogP contribution < -0.4 is 5.32 Å². The Balaban J connectivity index is 2.28. The lowest BCUT2D eigenvalue weighted by Crippen LogP contribution is -2.42. The minimum atomic E-state index is 0.203. The van der Waals surface area contributed by atoms with Crippen molar-refractivity contribution >= 4 is 0 Å². The lowest BCUT2D eigenvalue weighted by molar-refractivity contribution is 0.173. The van der Waals surface area contributed by atoms with Gasteiger partial charge in [0.25, 0.3) is 0 Å². The largest absolute Gasteiger partial charge is 0.379 e. The van der Waals surface area contributed by atoms with Crippen molar-refractivity contribution in [3.63, 3.8) is 0 Å². The molecule has 0 aromatic rings. The highest BCUT2D eigenvalue weighted by molar-refractivity contribution is 4.89. The molecule has 2 nitrogen and oxygen atoms in total. The molecule has 1 unspecified atom stereocenters. The Kier molecular flexibility index (Phi) is 2.46. The zero-order chi connectivity index (χ0) is 7.45. The van der Waals surface area contributed by atoms with Gasteiger partial charge in [-0.1, -0.05) is 6.08 Å². The molecule has 0 radical (unpaired) electrons. The fourth-order valence-electron chi connectivity index (χ4n) is 1.13. The molecule has 0 bridgehead atoms. The summed E-state index contributed by atoms with van der Waals surface area (Å²) in [5.74, 6) is 0. The molecule has 1 saturated heterocycles. The summed E-state index contributed by atoms with van der Waals surface area (Å²) in [6.07, 6.45) is 2.99. The Morgan fingerprint density at radius 1 is 1.80 bits per heavy atom. The summed E-state index contributed by atoms with van der Waals surface area (Å²) in [7, 11) is 0. The van der Waals surface area contributed by atoms with Crippen LogP contribution >= 0.6 is 0 Å². The van der Waals surface area contributed by atoms with Gasteiger partial charge in [0.2, 0.25) is 0 Å². The zero-order valence-corrected chi connectivity index (χ0v) is 6.52. The normalized spacial score (nSPS) is 32.5. The van der Waals surface area contributed by atoms with Gasteiger partial charge in [-0.3, -0.25) is 0 Å². The number of hydrogen-bond acceptors (Lipinski definition) is 2. The van der Waals surface area contributed by atoms with Crippen LogP contribution in [0.15, 0.2) is 12.7 Å². The maximum absolute atomic E-state index is 5.26. The van der Waals surface area contributed by atoms with Gasteiger partial charge in [0.15, 0.2) is 0 Å². The van der Waals surface area contributed by atoms with E-state index in [9.17, 15) is 0 Å². The Labute approximate surface area is 62.3 Å². The molecule has 58 valence electrons. The summed E-state index contributed by atoms with van der Waals surface area (Å²) in [6.45, 7) is 8.43. The highest BCUT2D eigenvalue weighted by atomic mass is 16.5. The van der Waals surface area contributed by atoms with Gasteiger partial charge in [0.1, 0.15) is 0 Å². The molecule has 10 heavy (non-hydrogen) atoms. The molecule has 0 saturated carbocycles. The summed E-state index contributed by atoms with van der Waals surface area (Å²) in [4.78, 5) is 0. The standard InChI is InChI=1S/C8H15NO/c1-3-5-9-8(2)4-6-10-7-8/h3,9H,1,4-7H2,2H3. The SMILES string of the molecule is C=CCNC1(C)CCOC1. The van der Waals surface area contributed by atoms with E-state index in [4.69, 9.17) is 4.74 Å². The van der Waals surface area contributed by atoms with Crippen molar-refractivity contribution < 1.29 is 4.74 Å². The van der Waals surface area contributed by atoms with E-state index in [0.29, 0.717) is 0 Å². The zero-order valence-electron chi connectivity index (χ0n) is 6.52. The van der Waals surface area contributed by atoms with Gasteiger partial charge in [-0.15, -0.1) is 6.58 Å². The predicted molar refractivity (Wildman–Crippen MR) is 42.0 cm³/mol. The Bertz CT molecular complexity index is 116. The second-order valence-electron chi connectivity index (χ2n) is 3.03. The van der Waals surface area contributed by atoms with Crippen LogP contribution in [0.1, 0.15) is 13.3 Å². The second kappa shape index (κ2) is 3.17. The molecule has 1 aliphatic heterocycles. The monoisotopic (exact) mass is 141 g/mol. The summed E-state index contributed by atoms with van der Waals surface area (Å²) in [6, 6.07) is 0. The molecule has 0 aliphatic carbocycles. The first-order chi connectivity index (χ1) is 4.77. The average Bonchev–Trinajstić information content (AvgIpc) is 2.33. The van der Waals surface area contributed by atoms with E-state index in [2.05, 4.69) is 18.8 Å². The van der Waals surface area contributed by atoms with Crippen molar-refractivity contribution in [2.45, 2.75) is 18.9 Å². The summed E-state index contributed by atoms with van der Waals surface area (Å²) >= 11 is 0.